The van der Waals surface area contributed by atoms with Gasteiger partial charge in [0.2, 0.25) is 0 Å². The van der Waals surface area contributed by atoms with Gasteiger partial charge in [-0.2, -0.15) is 0 Å². The van der Waals surface area contributed by atoms with Crippen molar-refractivity contribution in [1.29, 1.82) is 0 Å². The van der Waals surface area contributed by atoms with Crippen molar-refractivity contribution in [2.45, 2.75) is 0 Å². The molecule has 1 rings (SSSR count). The highest BCUT2D eigenvalue weighted by Gasteiger charge is 1.89. The lowest BCUT2D eigenvalue weighted by Crippen LogP contribution is -1.84. The van der Waals surface area contributed by atoms with Crippen LogP contribution in [0.2, 0.25) is 0 Å². The van der Waals surface area contributed by atoms with Gasteiger partial charge in [-0.15, -0.1) is 0 Å². The number of carbonyl (C=O) groups is 1. The molecular weight excluding hydrogens is 285 g/mol. The van der Waals surface area contributed by atoms with Crippen molar-refractivity contribution in [3.05, 3.63) is 29.6 Å². The van der Waals surface area contributed by atoms with Gasteiger partial charge in [0, 0.05) is 33.0 Å². The molecule has 0 fully saturated rings. The highest BCUT2D eigenvalue weighted by atomic mass is 127. The molecule has 0 aliphatic carbocycles. The number of hydrogen-bond donors (Lipinski definition) is 0. The Kier molecular flexibility index (Phi) is 4.11. The average molecular weight is 289 g/mol. The molecule has 1 heterocycles. The Bertz CT molecular complexity index is 325. The van der Waals surface area contributed by atoms with E-state index >= 15 is 0 Å². The molecule has 0 amide bonds. The quantitative estimate of drug-likeness (QED) is 0.451. The molecule has 4 heteroatoms. The second-order valence-corrected chi connectivity index (χ2v) is 3.58. The summed E-state index contributed by atoms with van der Waals surface area (Å²) in [5.74, 6) is 2.82. The first kappa shape index (κ1) is 9.55. The standard InChI is InChI=1S/C8H4INOS/c9-12-4-3-8-2-1-7(6-11)5-10-8/h1-2,5-6H. The highest BCUT2D eigenvalue weighted by molar-refractivity contribution is 14.2. The van der Waals surface area contributed by atoms with Crippen LogP contribution in [0.4, 0.5) is 0 Å². The lowest BCUT2D eigenvalue weighted by atomic mass is 10.3. The van der Waals surface area contributed by atoms with Crippen molar-refractivity contribution in [1.82, 2.24) is 4.98 Å². The molecule has 0 spiro atoms. The molecule has 0 aromatic carbocycles. The summed E-state index contributed by atoms with van der Waals surface area (Å²) in [4.78, 5) is 14.2. The number of pyridine rings is 1. The smallest absolute Gasteiger partial charge is 0.151 e. The Morgan fingerprint density at radius 2 is 2.42 bits per heavy atom. The van der Waals surface area contributed by atoms with Gasteiger partial charge >= 0.3 is 0 Å². The molecule has 2 nitrogen and oxygen atoms in total. The van der Waals surface area contributed by atoms with Crippen LogP contribution < -0.4 is 0 Å². The van der Waals surface area contributed by atoms with Crippen molar-refractivity contribution in [3.63, 3.8) is 0 Å². The van der Waals surface area contributed by atoms with Crippen molar-refractivity contribution >= 4 is 36.4 Å². The number of nitrogens with zero attached hydrogens (tertiary/aromatic N) is 1. The topological polar surface area (TPSA) is 30.0 Å². The fourth-order valence-corrected chi connectivity index (χ4v) is 1.09. The first-order valence-corrected chi connectivity index (χ1v) is 6.42. The summed E-state index contributed by atoms with van der Waals surface area (Å²) in [6.07, 6.45) is 2.27. The summed E-state index contributed by atoms with van der Waals surface area (Å²) in [6, 6.07) is 3.42. The van der Waals surface area contributed by atoms with E-state index in [0.717, 1.165) is 6.29 Å². The number of hydrogen-bond acceptors (Lipinski definition) is 3. The van der Waals surface area contributed by atoms with Crippen LogP contribution in [0.5, 0.6) is 0 Å². The first-order valence-electron chi connectivity index (χ1n) is 3.06. The zero-order chi connectivity index (χ0) is 8.81. The third-order valence-corrected chi connectivity index (χ3v) is 1.98. The molecule has 0 bridgehead atoms. The third kappa shape index (κ3) is 2.83. The Balaban J connectivity index is 2.84. The number of aromatic nitrogens is 1. The van der Waals surface area contributed by atoms with E-state index in [1.807, 2.05) is 0 Å². The van der Waals surface area contributed by atoms with Crippen LogP contribution in [-0.2, 0) is 0 Å². The molecule has 0 atom stereocenters. The summed E-state index contributed by atoms with van der Waals surface area (Å²) in [5, 5.41) is 2.80. The second-order valence-electron chi connectivity index (χ2n) is 1.90. The van der Waals surface area contributed by atoms with Gasteiger partial charge in [0.05, 0.1) is 0 Å². The zero-order valence-electron chi connectivity index (χ0n) is 5.95. The van der Waals surface area contributed by atoms with E-state index in [4.69, 9.17) is 0 Å². The molecule has 12 heavy (non-hydrogen) atoms. The van der Waals surface area contributed by atoms with E-state index in [0.29, 0.717) is 11.3 Å². The zero-order valence-corrected chi connectivity index (χ0v) is 8.93. The van der Waals surface area contributed by atoms with Crippen LogP contribution in [0.15, 0.2) is 18.3 Å². The van der Waals surface area contributed by atoms with Gasteiger partial charge in [-0.05, 0) is 32.2 Å². The van der Waals surface area contributed by atoms with E-state index < -0.39 is 0 Å². The van der Waals surface area contributed by atoms with E-state index in [-0.39, 0.29) is 0 Å². The van der Waals surface area contributed by atoms with Gasteiger partial charge in [0.25, 0.3) is 0 Å². The minimum absolute atomic E-state index is 0.572. The molecule has 0 saturated heterocycles. The number of aldehydes is 1. The predicted molar refractivity (Wildman–Crippen MR) is 58.1 cm³/mol. The Morgan fingerprint density at radius 1 is 1.58 bits per heavy atom. The maximum absolute atomic E-state index is 10.3. The minimum Gasteiger partial charge on any atom is -0.298 e. The van der Waals surface area contributed by atoms with Crippen molar-refractivity contribution in [2.75, 3.05) is 0 Å². The van der Waals surface area contributed by atoms with Crippen molar-refractivity contribution < 1.29 is 4.79 Å². The largest absolute Gasteiger partial charge is 0.298 e. The van der Waals surface area contributed by atoms with Crippen molar-refractivity contribution in [3.8, 4) is 11.2 Å². The normalized spacial score (nSPS) is 8.42. The van der Waals surface area contributed by atoms with E-state index in [9.17, 15) is 4.79 Å². The fourth-order valence-electron chi connectivity index (χ4n) is 0.621. The summed E-state index contributed by atoms with van der Waals surface area (Å²) in [5.41, 5.74) is 1.26. The van der Waals surface area contributed by atoms with Gasteiger partial charge in [-0.3, -0.25) is 4.79 Å². The molecule has 1 aromatic rings. The van der Waals surface area contributed by atoms with E-state index in [1.165, 1.54) is 15.1 Å². The molecule has 1 aromatic heterocycles. The first-order chi connectivity index (χ1) is 5.86. The number of halogens is 1. The maximum atomic E-state index is 10.3. The van der Waals surface area contributed by atoms with E-state index in [1.54, 1.807) is 12.1 Å². The van der Waals surface area contributed by atoms with Crippen LogP contribution in [0.25, 0.3) is 0 Å². The summed E-state index contributed by atoms with van der Waals surface area (Å²) < 4.78 is 0. The Hall–Kier alpha value is -0.540. The van der Waals surface area contributed by atoms with Crippen LogP contribution in [0.3, 0.4) is 0 Å². The van der Waals surface area contributed by atoms with Crippen LogP contribution >= 0.6 is 30.1 Å². The van der Waals surface area contributed by atoms with Crippen LogP contribution in [-0.4, -0.2) is 11.3 Å². The average Bonchev–Trinajstić information content (AvgIpc) is 2.15. The molecule has 0 aliphatic heterocycles. The van der Waals surface area contributed by atoms with Gasteiger partial charge in [0.15, 0.2) is 6.29 Å². The molecule has 0 unspecified atom stereocenters. The third-order valence-electron chi connectivity index (χ3n) is 1.14. The number of carbonyl (C=O) groups excluding carboxylic acids is 1. The summed E-state index contributed by atoms with van der Waals surface area (Å²) in [7, 11) is 1.41. The predicted octanol–water partition coefficient (Wildman–Crippen LogP) is 2.29. The summed E-state index contributed by atoms with van der Waals surface area (Å²) in [6.45, 7) is 0. The molecule has 0 radical (unpaired) electrons. The molecular formula is C8H4INOS. The highest BCUT2D eigenvalue weighted by Crippen LogP contribution is 2.07. The molecule has 0 saturated carbocycles. The van der Waals surface area contributed by atoms with Crippen molar-refractivity contribution in [2.24, 2.45) is 0 Å². The summed E-state index contributed by atoms with van der Waals surface area (Å²) >= 11 is 2.09. The SMILES string of the molecule is O=Cc1ccc(C#CSI)nc1. The van der Waals surface area contributed by atoms with Gasteiger partial charge in [-0.25, -0.2) is 4.98 Å². The Labute approximate surface area is 86.7 Å². The lowest BCUT2D eigenvalue weighted by molar-refractivity contribution is 0.112. The minimum atomic E-state index is 0.572. The van der Waals surface area contributed by atoms with Crippen LogP contribution in [0, 0.1) is 11.2 Å². The van der Waals surface area contributed by atoms with Gasteiger partial charge < -0.3 is 0 Å². The lowest BCUT2D eigenvalue weighted by Gasteiger charge is -1.88. The fraction of sp³-hybridized carbons (Fsp3) is 0. The molecule has 0 aliphatic rings. The van der Waals surface area contributed by atoms with Crippen LogP contribution in [0.1, 0.15) is 16.1 Å². The number of rotatable bonds is 1. The molecule has 60 valence electrons. The monoisotopic (exact) mass is 289 g/mol. The van der Waals surface area contributed by atoms with Gasteiger partial charge in [0.1, 0.15) is 5.69 Å². The Morgan fingerprint density at radius 3 is 2.92 bits per heavy atom. The second kappa shape index (κ2) is 5.17. The van der Waals surface area contributed by atoms with E-state index in [2.05, 4.69) is 37.4 Å². The maximum Gasteiger partial charge on any atom is 0.151 e. The van der Waals surface area contributed by atoms with Gasteiger partial charge in [-0.1, -0.05) is 0 Å². The molecule has 0 N–H and O–H groups in total.